The number of nitrogens with one attached hydrogen (secondary N) is 1. The normalized spacial score (nSPS) is 8.94. The highest BCUT2D eigenvalue weighted by atomic mass is 16.4. The number of aromatic amines is 1. The molecule has 0 aliphatic heterocycles. The number of nitrogens with zero attached hydrogens (tertiary/aromatic N) is 1. The summed E-state index contributed by atoms with van der Waals surface area (Å²) in [6.45, 7) is 0. The number of aromatic carboxylic acids is 2. The van der Waals surface area contributed by atoms with Gasteiger partial charge in [0.05, 0.1) is 5.56 Å². The van der Waals surface area contributed by atoms with Crippen LogP contribution in [0.4, 0.5) is 0 Å². The highest BCUT2D eigenvalue weighted by molar-refractivity contribution is 5.89. The minimum absolute atomic E-state index is 0.0278. The second kappa shape index (κ2) is 6.06. The average Bonchev–Trinajstić information content (AvgIpc) is 2.87. The van der Waals surface area contributed by atoms with E-state index in [1.807, 2.05) is 24.5 Å². The van der Waals surface area contributed by atoms with Gasteiger partial charge >= 0.3 is 11.9 Å². The quantitative estimate of drug-likeness (QED) is 0.730. The molecule has 6 nitrogen and oxygen atoms in total. The predicted octanol–water partition coefficient (Wildman–Crippen LogP) is 1.49. The van der Waals surface area contributed by atoms with Crippen LogP contribution in [0.25, 0.3) is 0 Å². The van der Waals surface area contributed by atoms with Gasteiger partial charge in [0.25, 0.3) is 0 Å². The molecule has 0 spiro atoms. The number of carbonyl (C=O) groups is 2. The monoisotopic (exact) mass is 234 g/mol. The van der Waals surface area contributed by atoms with Crippen molar-refractivity contribution < 1.29 is 19.8 Å². The third-order valence-corrected chi connectivity index (χ3v) is 1.73. The number of aromatic nitrogens is 2. The van der Waals surface area contributed by atoms with Crippen LogP contribution in [0.3, 0.4) is 0 Å². The third-order valence-electron chi connectivity index (χ3n) is 1.73. The summed E-state index contributed by atoms with van der Waals surface area (Å²) in [5.41, 5.74) is -0.194. The Bertz CT molecular complexity index is 426. The Labute approximate surface area is 96.6 Å². The summed E-state index contributed by atoms with van der Waals surface area (Å²) in [6, 6.07) is 6.23. The number of carboxylic acids is 2. The zero-order valence-electron chi connectivity index (χ0n) is 8.70. The molecular weight excluding hydrogens is 224 g/mol. The number of hydrogen-bond acceptors (Lipinski definition) is 3. The second-order valence-corrected chi connectivity index (χ2v) is 2.93. The molecule has 0 aromatic carbocycles. The molecule has 0 saturated heterocycles. The van der Waals surface area contributed by atoms with Gasteiger partial charge in [0.1, 0.15) is 5.69 Å². The van der Waals surface area contributed by atoms with Gasteiger partial charge in [-0.25, -0.2) is 14.6 Å². The molecule has 0 aliphatic rings. The minimum Gasteiger partial charge on any atom is -0.478 e. The van der Waals surface area contributed by atoms with Crippen molar-refractivity contribution in [3.05, 3.63) is 54.1 Å². The first kappa shape index (κ1) is 12.4. The van der Waals surface area contributed by atoms with Crippen molar-refractivity contribution in [2.45, 2.75) is 0 Å². The third kappa shape index (κ3) is 4.17. The lowest BCUT2D eigenvalue weighted by Gasteiger charge is -1.93. The Hall–Kier alpha value is -2.63. The first-order chi connectivity index (χ1) is 8.11. The SMILES string of the molecule is O=C(O)c1ccc(C(=O)O)nc1.c1cc[nH]c1. The van der Waals surface area contributed by atoms with Crippen LogP contribution >= 0.6 is 0 Å². The molecule has 0 fully saturated rings. The van der Waals surface area contributed by atoms with E-state index in [1.54, 1.807) is 0 Å². The predicted molar refractivity (Wildman–Crippen MR) is 58.9 cm³/mol. The summed E-state index contributed by atoms with van der Waals surface area (Å²) < 4.78 is 0. The Morgan fingerprint density at radius 2 is 1.71 bits per heavy atom. The van der Waals surface area contributed by atoms with Gasteiger partial charge in [-0.2, -0.15) is 0 Å². The number of H-pyrrole nitrogens is 1. The lowest BCUT2D eigenvalue weighted by atomic mass is 10.2. The van der Waals surface area contributed by atoms with E-state index in [0.29, 0.717) is 0 Å². The molecule has 2 heterocycles. The van der Waals surface area contributed by atoms with Gasteiger partial charge in [0.15, 0.2) is 0 Å². The van der Waals surface area contributed by atoms with E-state index in [9.17, 15) is 9.59 Å². The van der Waals surface area contributed by atoms with Crippen LogP contribution in [-0.2, 0) is 0 Å². The van der Waals surface area contributed by atoms with Crippen molar-refractivity contribution in [3.63, 3.8) is 0 Å². The first-order valence-electron chi connectivity index (χ1n) is 4.61. The highest BCUT2D eigenvalue weighted by Crippen LogP contribution is 1.99. The maximum Gasteiger partial charge on any atom is 0.354 e. The van der Waals surface area contributed by atoms with E-state index in [2.05, 4.69) is 9.97 Å². The van der Waals surface area contributed by atoms with Gasteiger partial charge in [-0.3, -0.25) is 0 Å². The Kier molecular flexibility index (Phi) is 4.44. The molecule has 0 aliphatic carbocycles. The van der Waals surface area contributed by atoms with Gasteiger partial charge in [-0.15, -0.1) is 0 Å². The van der Waals surface area contributed by atoms with Crippen molar-refractivity contribution in [2.24, 2.45) is 0 Å². The topological polar surface area (TPSA) is 103 Å². The molecule has 0 amide bonds. The molecule has 2 aromatic rings. The molecule has 0 atom stereocenters. The Morgan fingerprint density at radius 1 is 1.06 bits per heavy atom. The molecule has 0 radical (unpaired) electrons. The fraction of sp³-hybridized carbons (Fsp3) is 0. The average molecular weight is 234 g/mol. The van der Waals surface area contributed by atoms with Gasteiger partial charge in [0, 0.05) is 18.6 Å². The van der Waals surface area contributed by atoms with Crippen LogP contribution in [0, 0.1) is 0 Å². The molecule has 2 rings (SSSR count). The molecule has 2 aromatic heterocycles. The Balaban J connectivity index is 0.000000239. The van der Waals surface area contributed by atoms with Crippen molar-refractivity contribution in [3.8, 4) is 0 Å². The first-order valence-corrected chi connectivity index (χ1v) is 4.61. The summed E-state index contributed by atoms with van der Waals surface area (Å²) in [5.74, 6) is -2.30. The molecule has 0 bridgehead atoms. The summed E-state index contributed by atoms with van der Waals surface area (Å²) in [4.78, 5) is 26.8. The van der Waals surface area contributed by atoms with Crippen molar-refractivity contribution in [1.82, 2.24) is 9.97 Å². The van der Waals surface area contributed by atoms with Crippen molar-refractivity contribution in [2.75, 3.05) is 0 Å². The van der Waals surface area contributed by atoms with Crippen molar-refractivity contribution >= 4 is 11.9 Å². The zero-order chi connectivity index (χ0) is 12.7. The highest BCUT2D eigenvalue weighted by Gasteiger charge is 2.06. The molecular formula is C11H10N2O4. The van der Waals surface area contributed by atoms with E-state index < -0.39 is 11.9 Å². The number of rotatable bonds is 2. The van der Waals surface area contributed by atoms with Gasteiger partial charge in [-0.1, -0.05) is 0 Å². The minimum atomic E-state index is -1.17. The number of pyridine rings is 1. The van der Waals surface area contributed by atoms with E-state index in [4.69, 9.17) is 10.2 Å². The van der Waals surface area contributed by atoms with E-state index >= 15 is 0 Å². The lowest BCUT2D eigenvalue weighted by Crippen LogP contribution is -2.02. The van der Waals surface area contributed by atoms with E-state index in [0.717, 1.165) is 12.3 Å². The fourth-order valence-electron chi connectivity index (χ4n) is 0.925. The van der Waals surface area contributed by atoms with Crippen LogP contribution in [0.2, 0.25) is 0 Å². The van der Waals surface area contributed by atoms with Crippen LogP contribution < -0.4 is 0 Å². The molecule has 88 valence electrons. The molecule has 0 saturated carbocycles. The smallest absolute Gasteiger partial charge is 0.354 e. The maximum atomic E-state index is 10.3. The fourth-order valence-corrected chi connectivity index (χ4v) is 0.925. The van der Waals surface area contributed by atoms with Crippen LogP contribution in [0.15, 0.2) is 42.9 Å². The molecule has 3 N–H and O–H groups in total. The summed E-state index contributed by atoms with van der Waals surface area (Å²) in [5, 5.41) is 16.8. The van der Waals surface area contributed by atoms with E-state index in [1.165, 1.54) is 6.07 Å². The Morgan fingerprint density at radius 3 is 2.00 bits per heavy atom. The van der Waals surface area contributed by atoms with Gasteiger partial charge < -0.3 is 15.2 Å². The standard InChI is InChI=1S/C7H5NO4.C4H5N/c9-6(10)4-1-2-5(7(11)12)8-3-4;1-2-4-5-3-1/h1-3H,(H,9,10)(H,11,12);1-5H. The molecule has 0 unspecified atom stereocenters. The largest absolute Gasteiger partial charge is 0.478 e. The summed E-state index contributed by atoms with van der Waals surface area (Å²) >= 11 is 0. The molecule has 6 heteroatoms. The van der Waals surface area contributed by atoms with E-state index in [-0.39, 0.29) is 11.3 Å². The zero-order valence-corrected chi connectivity index (χ0v) is 8.70. The summed E-state index contributed by atoms with van der Waals surface area (Å²) in [7, 11) is 0. The van der Waals surface area contributed by atoms with Gasteiger partial charge in [0.2, 0.25) is 0 Å². The second-order valence-electron chi connectivity index (χ2n) is 2.93. The molecule has 17 heavy (non-hydrogen) atoms. The van der Waals surface area contributed by atoms with Crippen LogP contribution in [0.1, 0.15) is 20.8 Å². The van der Waals surface area contributed by atoms with Gasteiger partial charge in [-0.05, 0) is 24.3 Å². The lowest BCUT2D eigenvalue weighted by molar-refractivity contribution is 0.0676. The summed E-state index contributed by atoms with van der Waals surface area (Å²) in [6.07, 6.45) is 4.76. The van der Waals surface area contributed by atoms with Crippen LogP contribution in [-0.4, -0.2) is 32.1 Å². The van der Waals surface area contributed by atoms with Crippen molar-refractivity contribution in [1.29, 1.82) is 0 Å². The number of hydrogen-bond donors (Lipinski definition) is 3. The van der Waals surface area contributed by atoms with Crippen LogP contribution in [0.5, 0.6) is 0 Å². The maximum absolute atomic E-state index is 10.3. The number of carboxylic acid groups (broad SMARTS) is 2.